The maximum absolute atomic E-state index is 11.7. The van der Waals surface area contributed by atoms with E-state index >= 15 is 0 Å². The molecule has 1 aromatic carbocycles. The van der Waals surface area contributed by atoms with Gasteiger partial charge < -0.3 is 10.1 Å². The summed E-state index contributed by atoms with van der Waals surface area (Å²) in [6, 6.07) is 7.40. The van der Waals surface area contributed by atoms with Gasteiger partial charge in [0.1, 0.15) is 5.75 Å². The van der Waals surface area contributed by atoms with Crippen LogP contribution in [0.1, 0.15) is 37.6 Å². The SMILES string of the molecule is CCCOc1cccc(C(=O)NC(C)C)c1. The summed E-state index contributed by atoms with van der Waals surface area (Å²) in [6.45, 7) is 6.61. The molecule has 1 aromatic rings. The van der Waals surface area contributed by atoms with Crippen molar-refractivity contribution in [2.45, 2.75) is 33.2 Å². The molecule has 0 heterocycles. The molecule has 0 spiro atoms. The van der Waals surface area contributed by atoms with Crippen molar-refractivity contribution in [2.75, 3.05) is 6.61 Å². The lowest BCUT2D eigenvalue weighted by molar-refractivity contribution is 0.0942. The van der Waals surface area contributed by atoms with Gasteiger partial charge in [-0.2, -0.15) is 0 Å². The van der Waals surface area contributed by atoms with Gasteiger partial charge in [0.15, 0.2) is 0 Å². The van der Waals surface area contributed by atoms with Crippen molar-refractivity contribution in [3.05, 3.63) is 29.8 Å². The van der Waals surface area contributed by atoms with Crippen LogP contribution in [0.25, 0.3) is 0 Å². The predicted octanol–water partition coefficient (Wildman–Crippen LogP) is 2.61. The highest BCUT2D eigenvalue weighted by Crippen LogP contribution is 2.13. The van der Waals surface area contributed by atoms with Gasteiger partial charge >= 0.3 is 0 Å². The minimum absolute atomic E-state index is 0.0584. The van der Waals surface area contributed by atoms with Gasteiger partial charge in [-0.1, -0.05) is 13.0 Å². The Morgan fingerprint density at radius 1 is 1.44 bits per heavy atom. The summed E-state index contributed by atoms with van der Waals surface area (Å²) in [5.74, 6) is 0.690. The van der Waals surface area contributed by atoms with Crippen molar-refractivity contribution in [3.8, 4) is 5.75 Å². The van der Waals surface area contributed by atoms with Crippen LogP contribution in [0.15, 0.2) is 24.3 Å². The van der Waals surface area contributed by atoms with E-state index < -0.39 is 0 Å². The number of amides is 1. The molecule has 0 saturated carbocycles. The molecule has 0 radical (unpaired) electrons. The zero-order valence-electron chi connectivity index (χ0n) is 10.1. The summed E-state index contributed by atoms with van der Waals surface area (Å²) in [5, 5.41) is 2.85. The van der Waals surface area contributed by atoms with Crippen LogP contribution < -0.4 is 10.1 Å². The van der Waals surface area contributed by atoms with E-state index in [9.17, 15) is 4.79 Å². The van der Waals surface area contributed by atoms with Crippen molar-refractivity contribution in [2.24, 2.45) is 0 Å². The van der Waals surface area contributed by atoms with E-state index in [1.165, 1.54) is 0 Å². The fourth-order valence-electron chi connectivity index (χ4n) is 1.29. The lowest BCUT2D eigenvalue weighted by Gasteiger charge is -2.09. The molecule has 1 rings (SSSR count). The minimum atomic E-state index is -0.0584. The molecular formula is C13H19NO2. The second-order valence-corrected chi connectivity index (χ2v) is 4.00. The van der Waals surface area contributed by atoms with Gasteiger partial charge in [0, 0.05) is 11.6 Å². The Labute approximate surface area is 96.8 Å². The van der Waals surface area contributed by atoms with Crippen LogP contribution in [0, 0.1) is 0 Å². The average molecular weight is 221 g/mol. The van der Waals surface area contributed by atoms with Crippen molar-refractivity contribution in [1.82, 2.24) is 5.32 Å². The summed E-state index contributed by atoms with van der Waals surface area (Å²) in [6.07, 6.45) is 0.961. The first-order chi connectivity index (χ1) is 7.63. The van der Waals surface area contributed by atoms with Crippen molar-refractivity contribution >= 4 is 5.91 Å². The highest BCUT2D eigenvalue weighted by atomic mass is 16.5. The molecule has 16 heavy (non-hydrogen) atoms. The monoisotopic (exact) mass is 221 g/mol. The number of rotatable bonds is 5. The maximum atomic E-state index is 11.7. The zero-order valence-corrected chi connectivity index (χ0v) is 10.1. The number of carbonyl (C=O) groups is 1. The Bertz CT molecular complexity index is 348. The Morgan fingerprint density at radius 3 is 2.81 bits per heavy atom. The van der Waals surface area contributed by atoms with Crippen LogP contribution in [0.4, 0.5) is 0 Å². The summed E-state index contributed by atoms with van der Waals surface area (Å²) < 4.78 is 5.47. The van der Waals surface area contributed by atoms with Crippen molar-refractivity contribution in [3.63, 3.8) is 0 Å². The van der Waals surface area contributed by atoms with Crippen LogP contribution >= 0.6 is 0 Å². The third-order valence-corrected chi connectivity index (χ3v) is 1.99. The topological polar surface area (TPSA) is 38.3 Å². The van der Waals surface area contributed by atoms with E-state index in [0.29, 0.717) is 12.2 Å². The third kappa shape index (κ3) is 3.93. The number of nitrogens with one attached hydrogen (secondary N) is 1. The summed E-state index contributed by atoms with van der Waals surface area (Å²) in [5.41, 5.74) is 0.641. The molecule has 0 aliphatic heterocycles. The Hall–Kier alpha value is -1.51. The molecular weight excluding hydrogens is 202 g/mol. The molecule has 3 heteroatoms. The second kappa shape index (κ2) is 6.16. The van der Waals surface area contributed by atoms with Gasteiger partial charge in [-0.3, -0.25) is 4.79 Å². The molecule has 1 N–H and O–H groups in total. The van der Waals surface area contributed by atoms with E-state index in [1.54, 1.807) is 12.1 Å². The van der Waals surface area contributed by atoms with E-state index in [2.05, 4.69) is 12.2 Å². The molecule has 0 aromatic heterocycles. The van der Waals surface area contributed by atoms with Gasteiger partial charge in [-0.25, -0.2) is 0 Å². The number of hydrogen-bond donors (Lipinski definition) is 1. The number of carbonyl (C=O) groups excluding carboxylic acids is 1. The minimum Gasteiger partial charge on any atom is -0.494 e. The average Bonchev–Trinajstić information content (AvgIpc) is 2.26. The summed E-state index contributed by atoms with van der Waals surface area (Å²) in [7, 11) is 0. The zero-order chi connectivity index (χ0) is 12.0. The molecule has 3 nitrogen and oxygen atoms in total. The highest BCUT2D eigenvalue weighted by Gasteiger charge is 2.07. The van der Waals surface area contributed by atoms with E-state index in [-0.39, 0.29) is 11.9 Å². The number of benzene rings is 1. The first-order valence-corrected chi connectivity index (χ1v) is 5.67. The van der Waals surface area contributed by atoms with Gasteiger partial charge in [-0.05, 0) is 38.5 Å². The second-order valence-electron chi connectivity index (χ2n) is 4.00. The fraction of sp³-hybridized carbons (Fsp3) is 0.462. The molecule has 0 unspecified atom stereocenters. The highest BCUT2D eigenvalue weighted by molar-refractivity contribution is 5.94. The van der Waals surface area contributed by atoms with Crippen LogP contribution in [0.5, 0.6) is 5.75 Å². The van der Waals surface area contributed by atoms with Crippen LogP contribution in [0.3, 0.4) is 0 Å². The van der Waals surface area contributed by atoms with Crippen LogP contribution in [-0.4, -0.2) is 18.6 Å². The molecule has 0 saturated heterocycles. The summed E-state index contributed by atoms with van der Waals surface area (Å²) in [4.78, 5) is 11.7. The normalized spacial score (nSPS) is 10.2. The first-order valence-electron chi connectivity index (χ1n) is 5.67. The van der Waals surface area contributed by atoms with E-state index in [4.69, 9.17) is 4.74 Å². The van der Waals surface area contributed by atoms with Gasteiger partial charge in [0.05, 0.1) is 6.61 Å². The molecule has 88 valence electrons. The maximum Gasteiger partial charge on any atom is 0.251 e. The van der Waals surface area contributed by atoms with Gasteiger partial charge in [0.2, 0.25) is 0 Å². The number of hydrogen-bond acceptors (Lipinski definition) is 2. The quantitative estimate of drug-likeness (QED) is 0.830. The van der Waals surface area contributed by atoms with Crippen molar-refractivity contribution < 1.29 is 9.53 Å². The molecule has 0 aliphatic carbocycles. The third-order valence-electron chi connectivity index (χ3n) is 1.99. The van der Waals surface area contributed by atoms with Crippen molar-refractivity contribution in [1.29, 1.82) is 0 Å². The first kappa shape index (κ1) is 12.6. The lowest BCUT2D eigenvalue weighted by atomic mass is 10.2. The molecule has 0 atom stereocenters. The molecule has 0 bridgehead atoms. The van der Waals surface area contributed by atoms with Gasteiger partial charge in [0.25, 0.3) is 5.91 Å². The Balaban J connectivity index is 2.69. The molecule has 1 amide bonds. The predicted molar refractivity (Wildman–Crippen MR) is 64.8 cm³/mol. The van der Waals surface area contributed by atoms with E-state index in [0.717, 1.165) is 12.2 Å². The Morgan fingerprint density at radius 2 is 2.19 bits per heavy atom. The lowest BCUT2D eigenvalue weighted by Crippen LogP contribution is -2.30. The summed E-state index contributed by atoms with van der Waals surface area (Å²) >= 11 is 0. The molecule has 0 fully saturated rings. The Kier molecular flexibility index (Phi) is 4.83. The van der Waals surface area contributed by atoms with Crippen LogP contribution in [0.2, 0.25) is 0 Å². The standard InChI is InChI=1S/C13H19NO2/c1-4-8-16-12-7-5-6-11(9-12)13(15)14-10(2)3/h5-7,9-10H,4,8H2,1-3H3,(H,14,15). The number of ether oxygens (including phenoxy) is 1. The van der Waals surface area contributed by atoms with Crippen LogP contribution in [-0.2, 0) is 0 Å². The van der Waals surface area contributed by atoms with E-state index in [1.807, 2.05) is 26.0 Å². The largest absolute Gasteiger partial charge is 0.494 e. The fourth-order valence-corrected chi connectivity index (χ4v) is 1.29. The smallest absolute Gasteiger partial charge is 0.251 e. The molecule has 0 aliphatic rings. The van der Waals surface area contributed by atoms with Gasteiger partial charge in [-0.15, -0.1) is 0 Å².